The van der Waals surface area contributed by atoms with Crippen LogP contribution in [0.25, 0.3) is 5.65 Å². The maximum absolute atomic E-state index is 10.6. The van der Waals surface area contributed by atoms with Crippen molar-refractivity contribution < 1.29 is 14.7 Å². The van der Waals surface area contributed by atoms with Crippen LogP contribution in [0.3, 0.4) is 0 Å². The molecular weight excluding hydrogens is 186 g/mol. The van der Waals surface area contributed by atoms with Crippen molar-refractivity contribution >= 4 is 17.9 Å². The van der Waals surface area contributed by atoms with E-state index in [4.69, 9.17) is 5.11 Å². The second kappa shape index (κ2) is 2.91. The number of carbonyl (C=O) groups excluding carboxylic acids is 1. The lowest BCUT2D eigenvalue weighted by Gasteiger charge is -1.95. The van der Waals surface area contributed by atoms with Crippen molar-refractivity contribution in [2.24, 2.45) is 0 Å². The first-order valence-electron chi connectivity index (χ1n) is 3.75. The minimum absolute atomic E-state index is 0.0837. The maximum Gasteiger partial charge on any atom is 0.337 e. The van der Waals surface area contributed by atoms with E-state index < -0.39 is 5.97 Å². The van der Waals surface area contributed by atoms with Gasteiger partial charge in [0.25, 0.3) is 0 Å². The first kappa shape index (κ1) is 8.36. The number of hydrogen-bond donors (Lipinski definition) is 1. The summed E-state index contributed by atoms with van der Waals surface area (Å²) in [6.45, 7) is 0. The van der Waals surface area contributed by atoms with Crippen molar-refractivity contribution in [1.29, 1.82) is 0 Å². The molecule has 0 radical (unpaired) electrons. The minimum Gasteiger partial charge on any atom is -0.478 e. The molecular formula is C8H5N3O3. The summed E-state index contributed by atoms with van der Waals surface area (Å²) >= 11 is 0. The average molecular weight is 191 g/mol. The second-order valence-electron chi connectivity index (χ2n) is 2.63. The summed E-state index contributed by atoms with van der Waals surface area (Å²) in [6.07, 6.45) is 1.83. The summed E-state index contributed by atoms with van der Waals surface area (Å²) in [6, 6.07) is 2.89. The number of aromatic carboxylic acids is 1. The van der Waals surface area contributed by atoms with Gasteiger partial charge in [-0.05, 0) is 12.1 Å². The Morgan fingerprint density at radius 3 is 2.86 bits per heavy atom. The molecule has 14 heavy (non-hydrogen) atoms. The third-order valence-corrected chi connectivity index (χ3v) is 1.78. The van der Waals surface area contributed by atoms with Gasteiger partial charge in [-0.15, -0.1) is 10.2 Å². The van der Waals surface area contributed by atoms with E-state index >= 15 is 0 Å². The molecule has 0 saturated heterocycles. The molecule has 0 aromatic carbocycles. The van der Waals surface area contributed by atoms with Gasteiger partial charge < -0.3 is 5.11 Å². The SMILES string of the molecule is O=Cc1nnc2ccc(C(=O)O)cn12. The normalized spacial score (nSPS) is 10.3. The molecule has 70 valence electrons. The van der Waals surface area contributed by atoms with Crippen LogP contribution in [0.15, 0.2) is 18.3 Å². The van der Waals surface area contributed by atoms with E-state index in [-0.39, 0.29) is 11.4 Å². The summed E-state index contributed by atoms with van der Waals surface area (Å²) < 4.78 is 1.33. The van der Waals surface area contributed by atoms with E-state index in [1.54, 1.807) is 0 Å². The quantitative estimate of drug-likeness (QED) is 0.687. The van der Waals surface area contributed by atoms with E-state index in [1.807, 2.05) is 0 Å². The third kappa shape index (κ3) is 1.13. The molecule has 0 bridgehead atoms. The van der Waals surface area contributed by atoms with Gasteiger partial charge in [0, 0.05) is 6.20 Å². The summed E-state index contributed by atoms with van der Waals surface area (Å²) in [4.78, 5) is 21.1. The highest BCUT2D eigenvalue weighted by Crippen LogP contribution is 2.05. The molecule has 6 heteroatoms. The molecule has 0 aliphatic rings. The highest BCUT2D eigenvalue weighted by atomic mass is 16.4. The first-order valence-corrected chi connectivity index (χ1v) is 3.75. The number of carboxylic acid groups (broad SMARTS) is 1. The van der Waals surface area contributed by atoms with Gasteiger partial charge in [0.1, 0.15) is 0 Å². The van der Waals surface area contributed by atoms with Gasteiger partial charge in [0.2, 0.25) is 5.82 Å². The largest absolute Gasteiger partial charge is 0.478 e. The number of carboxylic acids is 1. The molecule has 2 rings (SSSR count). The number of fused-ring (bicyclic) bond motifs is 1. The van der Waals surface area contributed by atoms with Gasteiger partial charge in [-0.25, -0.2) is 4.79 Å². The van der Waals surface area contributed by atoms with Gasteiger partial charge in [-0.2, -0.15) is 0 Å². The van der Waals surface area contributed by atoms with E-state index in [0.717, 1.165) is 0 Å². The van der Waals surface area contributed by atoms with E-state index in [9.17, 15) is 9.59 Å². The van der Waals surface area contributed by atoms with E-state index in [0.29, 0.717) is 11.9 Å². The predicted molar refractivity (Wildman–Crippen MR) is 45.3 cm³/mol. The van der Waals surface area contributed by atoms with E-state index in [1.165, 1.54) is 22.7 Å². The standard InChI is InChI=1S/C8H5N3O3/c12-4-7-10-9-6-2-1-5(8(13)14)3-11(6)7/h1-4H,(H,13,14). The summed E-state index contributed by atoms with van der Waals surface area (Å²) in [5.74, 6) is -0.972. The zero-order chi connectivity index (χ0) is 10.1. The Kier molecular flexibility index (Phi) is 1.74. The predicted octanol–water partition coefficient (Wildman–Crippen LogP) is 0.240. The van der Waals surface area contributed by atoms with Crippen LogP contribution in [-0.4, -0.2) is 32.0 Å². The molecule has 0 saturated carbocycles. The lowest BCUT2D eigenvalue weighted by molar-refractivity contribution is 0.0696. The molecule has 2 aromatic rings. The van der Waals surface area contributed by atoms with Crippen LogP contribution in [0.5, 0.6) is 0 Å². The van der Waals surface area contributed by atoms with Gasteiger partial charge in [-0.1, -0.05) is 0 Å². The van der Waals surface area contributed by atoms with Crippen molar-refractivity contribution in [1.82, 2.24) is 14.6 Å². The molecule has 2 heterocycles. The average Bonchev–Trinajstić information content (AvgIpc) is 2.59. The molecule has 0 fully saturated rings. The van der Waals surface area contributed by atoms with Gasteiger partial charge in [-0.3, -0.25) is 9.20 Å². The Labute approximate surface area is 77.8 Å². The molecule has 2 aromatic heterocycles. The van der Waals surface area contributed by atoms with Crippen LogP contribution < -0.4 is 0 Å². The number of nitrogens with zero attached hydrogens (tertiary/aromatic N) is 3. The fourth-order valence-corrected chi connectivity index (χ4v) is 1.12. The third-order valence-electron chi connectivity index (χ3n) is 1.78. The fraction of sp³-hybridized carbons (Fsp3) is 0. The molecule has 0 atom stereocenters. The Balaban J connectivity index is 2.73. The van der Waals surface area contributed by atoms with Crippen LogP contribution in [-0.2, 0) is 0 Å². The van der Waals surface area contributed by atoms with Gasteiger partial charge in [0.15, 0.2) is 11.9 Å². The topological polar surface area (TPSA) is 84.6 Å². The Morgan fingerprint density at radius 1 is 1.43 bits per heavy atom. The highest BCUT2D eigenvalue weighted by Gasteiger charge is 2.07. The highest BCUT2D eigenvalue weighted by molar-refractivity contribution is 5.87. The van der Waals surface area contributed by atoms with Crippen molar-refractivity contribution in [3.8, 4) is 0 Å². The monoisotopic (exact) mass is 191 g/mol. The smallest absolute Gasteiger partial charge is 0.337 e. The molecule has 0 aliphatic carbocycles. The van der Waals surface area contributed by atoms with Crippen LogP contribution in [0.2, 0.25) is 0 Å². The van der Waals surface area contributed by atoms with E-state index in [2.05, 4.69) is 10.2 Å². The fourth-order valence-electron chi connectivity index (χ4n) is 1.12. The van der Waals surface area contributed by atoms with Crippen molar-refractivity contribution in [2.45, 2.75) is 0 Å². The molecule has 0 unspecified atom stereocenters. The zero-order valence-electron chi connectivity index (χ0n) is 6.91. The van der Waals surface area contributed by atoms with Gasteiger partial charge in [0.05, 0.1) is 5.56 Å². The van der Waals surface area contributed by atoms with Gasteiger partial charge >= 0.3 is 5.97 Å². The first-order chi connectivity index (χ1) is 6.72. The number of aldehydes is 1. The minimum atomic E-state index is -1.06. The molecule has 0 spiro atoms. The Hall–Kier alpha value is -2.24. The van der Waals surface area contributed by atoms with Crippen LogP contribution in [0.4, 0.5) is 0 Å². The summed E-state index contributed by atoms with van der Waals surface area (Å²) in [5.41, 5.74) is 0.525. The number of rotatable bonds is 2. The Morgan fingerprint density at radius 2 is 2.21 bits per heavy atom. The lowest BCUT2D eigenvalue weighted by Crippen LogP contribution is -2.00. The summed E-state index contributed by atoms with van der Waals surface area (Å²) in [5, 5.41) is 15.9. The van der Waals surface area contributed by atoms with Crippen molar-refractivity contribution in [3.63, 3.8) is 0 Å². The lowest BCUT2D eigenvalue weighted by atomic mass is 10.3. The number of carbonyl (C=O) groups is 2. The van der Waals surface area contributed by atoms with Crippen molar-refractivity contribution in [3.05, 3.63) is 29.7 Å². The van der Waals surface area contributed by atoms with Crippen molar-refractivity contribution in [2.75, 3.05) is 0 Å². The maximum atomic E-state index is 10.6. The number of hydrogen-bond acceptors (Lipinski definition) is 4. The molecule has 6 nitrogen and oxygen atoms in total. The zero-order valence-corrected chi connectivity index (χ0v) is 6.91. The Bertz CT molecular complexity index is 518. The van der Waals surface area contributed by atoms with Crippen LogP contribution in [0, 0.1) is 0 Å². The van der Waals surface area contributed by atoms with Crippen LogP contribution in [0.1, 0.15) is 21.0 Å². The molecule has 1 N–H and O–H groups in total. The number of aromatic nitrogens is 3. The van der Waals surface area contributed by atoms with Crippen LogP contribution >= 0.6 is 0 Å². The summed E-state index contributed by atoms with van der Waals surface area (Å²) in [7, 11) is 0. The molecule has 0 amide bonds. The number of pyridine rings is 1. The molecule has 0 aliphatic heterocycles. The second-order valence-corrected chi connectivity index (χ2v) is 2.63.